The molecule has 10 heteroatoms. The van der Waals surface area contributed by atoms with Crippen molar-refractivity contribution in [1.82, 2.24) is 23.3 Å². The van der Waals surface area contributed by atoms with E-state index in [2.05, 4.69) is 16.4 Å². The van der Waals surface area contributed by atoms with E-state index in [4.69, 9.17) is 0 Å². The number of fused-ring (bicyclic) bond motifs is 2. The fourth-order valence-corrected chi connectivity index (χ4v) is 4.74. The van der Waals surface area contributed by atoms with Gasteiger partial charge in [-0.25, -0.2) is 9.78 Å². The van der Waals surface area contributed by atoms with E-state index in [0.717, 1.165) is 47.2 Å². The molecule has 0 unspecified atom stereocenters. The molecule has 0 spiro atoms. The Labute approximate surface area is 194 Å². The molecule has 1 aromatic carbocycles. The molecule has 0 fully saturated rings. The van der Waals surface area contributed by atoms with Gasteiger partial charge in [0.1, 0.15) is 18.4 Å². The number of aromatic nitrogens is 5. The summed E-state index contributed by atoms with van der Waals surface area (Å²) >= 11 is 0. The number of para-hydroxylation sites is 1. The number of hydrogen-bond donors (Lipinski definition) is 1. The average molecular weight is 457 g/mol. The van der Waals surface area contributed by atoms with Crippen LogP contribution in [0.1, 0.15) is 29.7 Å². The van der Waals surface area contributed by atoms with Crippen molar-refractivity contribution in [2.75, 3.05) is 5.32 Å². The van der Waals surface area contributed by atoms with Crippen molar-refractivity contribution in [2.45, 2.75) is 32.2 Å². The first-order valence-corrected chi connectivity index (χ1v) is 11.0. The number of rotatable bonds is 4. The Morgan fingerprint density at radius 3 is 2.59 bits per heavy atom. The Balaban J connectivity index is 1.57. The molecule has 3 aromatic heterocycles. The van der Waals surface area contributed by atoms with Gasteiger partial charge in [0.15, 0.2) is 11.2 Å². The van der Waals surface area contributed by atoms with Gasteiger partial charge in [-0.05, 0) is 43.4 Å². The van der Waals surface area contributed by atoms with E-state index < -0.39 is 17.2 Å². The predicted molar refractivity (Wildman–Crippen MR) is 126 cm³/mol. The number of nitrogens with one attached hydrogen (secondary N) is 1. The molecule has 1 amide bonds. The molecule has 0 radical (unpaired) electrons. The van der Waals surface area contributed by atoms with Crippen LogP contribution in [0.25, 0.3) is 16.9 Å². The lowest BCUT2D eigenvalue weighted by Gasteiger charge is -2.17. The molecule has 1 N–H and O–H groups in total. The van der Waals surface area contributed by atoms with Crippen molar-refractivity contribution in [1.29, 1.82) is 5.26 Å². The monoisotopic (exact) mass is 457 g/mol. The number of imidazole rings is 1. The number of aryl methyl sites for hydroxylation is 1. The highest BCUT2D eigenvalue weighted by Crippen LogP contribution is 2.35. The van der Waals surface area contributed by atoms with Crippen LogP contribution >= 0.6 is 0 Å². The van der Waals surface area contributed by atoms with Crippen LogP contribution in [-0.2, 0) is 38.3 Å². The standard InChI is InChI=1S/C24H23N7O3/c1-28-22-20(23(33)29(2)24(28)34)30(14-26-22)13-19(32)27-21-17(12-25)16-10-6-7-11-18(16)31(21)15-8-4-3-5-9-15/h3-5,8-9,14H,6-7,10-11,13H2,1-2H3,(H,27,32). The maximum absolute atomic E-state index is 13.2. The highest BCUT2D eigenvalue weighted by atomic mass is 16.2. The highest BCUT2D eigenvalue weighted by molar-refractivity contribution is 5.93. The summed E-state index contributed by atoms with van der Waals surface area (Å²) in [6.07, 6.45) is 5.00. The Kier molecular flexibility index (Phi) is 5.17. The Morgan fingerprint density at radius 1 is 1.12 bits per heavy atom. The predicted octanol–water partition coefficient (Wildman–Crippen LogP) is 1.61. The SMILES string of the molecule is Cn1c(=O)c2c(ncn2CC(=O)Nc2c(C#N)c3c(n2-c2ccccc2)CCCC3)n(C)c1=O. The second-order valence-electron chi connectivity index (χ2n) is 8.44. The summed E-state index contributed by atoms with van der Waals surface area (Å²) in [5.41, 5.74) is 2.72. The molecule has 3 heterocycles. The van der Waals surface area contributed by atoms with Crippen molar-refractivity contribution >= 4 is 22.9 Å². The van der Waals surface area contributed by atoms with E-state index in [-0.39, 0.29) is 17.7 Å². The van der Waals surface area contributed by atoms with E-state index in [1.807, 2.05) is 34.9 Å². The first kappa shape index (κ1) is 21.5. The summed E-state index contributed by atoms with van der Waals surface area (Å²) in [6, 6.07) is 11.9. The van der Waals surface area contributed by atoms with E-state index in [1.54, 1.807) is 0 Å². The summed E-state index contributed by atoms with van der Waals surface area (Å²) in [4.78, 5) is 42.2. The molecular formula is C24H23N7O3. The summed E-state index contributed by atoms with van der Waals surface area (Å²) in [6.45, 7) is -0.195. The third-order valence-electron chi connectivity index (χ3n) is 6.39. The van der Waals surface area contributed by atoms with Gasteiger partial charge in [-0.3, -0.25) is 23.3 Å². The van der Waals surface area contributed by atoms with Crippen LogP contribution < -0.4 is 16.6 Å². The summed E-state index contributed by atoms with van der Waals surface area (Å²) in [5.74, 6) is 0.0362. The van der Waals surface area contributed by atoms with Crippen molar-refractivity contribution in [3.8, 4) is 11.8 Å². The highest BCUT2D eigenvalue weighted by Gasteiger charge is 2.27. The molecule has 1 aliphatic carbocycles. The molecule has 34 heavy (non-hydrogen) atoms. The number of carbonyl (C=O) groups is 1. The minimum absolute atomic E-state index is 0.165. The van der Waals surface area contributed by atoms with Crippen LogP contribution in [0.5, 0.6) is 0 Å². The lowest BCUT2D eigenvalue weighted by Crippen LogP contribution is -2.37. The van der Waals surface area contributed by atoms with Gasteiger partial charge in [-0.15, -0.1) is 0 Å². The molecule has 1 aliphatic rings. The van der Waals surface area contributed by atoms with Gasteiger partial charge < -0.3 is 9.88 Å². The third kappa shape index (κ3) is 3.25. The van der Waals surface area contributed by atoms with Gasteiger partial charge in [-0.1, -0.05) is 18.2 Å². The molecule has 5 rings (SSSR count). The number of nitriles is 1. The minimum Gasteiger partial charge on any atom is -0.315 e. The second kappa shape index (κ2) is 8.19. The first-order chi connectivity index (χ1) is 16.4. The molecule has 4 aromatic rings. The lowest BCUT2D eigenvalue weighted by molar-refractivity contribution is -0.116. The van der Waals surface area contributed by atoms with Gasteiger partial charge in [0.05, 0.1) is 11.9 Å². The number of anilines is 1. The second-order valence-corrected chi connectivity index (χ2v) is 8.44. The maximum Gasteiger partial charge on any atom is 0.332 e. The number of benzene rings is 1. The van der Waals surface area contributed by atoms with E-state index >= 15 is 0 Å². The molecule has 0 saturated heterocycles. The molecular weight excluding hydrogens is 434 g/mol. The fraction of sp³-hybridized carbons (Fsp3) is 0.292. The molecule has 0 saturated carbocycles. The molecule has 0 aliphatic heterocycles. The molecule has 10 nitrogen and oxygen atoms in total. The van der Waals surface area contributed by atoms with Crippen LogP contribution in [0.4, 0.5) is 5.82 Å². The molecule has 172 valence electrons. The summed E-state index contributed by atoms with van der Waals surface area (Å²) < 4.78 is 5.64. The van der Waals surface area contributed by atoms with Gasteiger partial charge >= 0.3 is 5.69 Å². The maximum atomic E-state index is 13.2. The zero-order valence-corrected chi connectivity index (χ0v) is 18.9. The van der Waals surface area contributed by atoms with Crippen molar-refractivity contribution < 1.29 is 4.79 Å². The first-order valence-electron chi connectivity index (χ1n) is 11.0. The Hall–Kier alpha value is -4.39. The van der Waals surface area contributed by atoms with Gasteiger partial charge in [0.2, 0.25) is 5.91 Å². The lowest BCUT2D eigenvalue weighted by atomic mass is 9.95. The van der Waals surface area contributed by atoms with Gasteiger partial charge in [0, 0.05) is 25.5 Å². The van der Waals surface area contributed by atoms with E-state index in [1.165, 1.54) is 29.6 Å². The smallest absolute Gasteiger partial charge is 0.315 e. The topological polar surface area (TPSA) is 120 Å². The average Bonchev–Trinajstić information content (AvgIpc) is 3.40. The van der Waals surface area contributed by atoms with Crippen molar-refractivity contribution in [3.63, 3.8) is 0 Å². The van der Waals surface area contributed by atoms with E-state index in [0.29, 0.717) is 11.4 Å². The quantitative estimate of drug-likeness (QED) is 0.499. The minimum atomic E-state index is -0.524. The summed E-state index contributed by atoms with van der Waals surface area (Å²) in [5, 5.41) is 12.9. The van der Waals surface area contributed by atoms with Crippen LogP contribution in [-0.4, -0.2) is 29.2 Å². The summed E-state index contributed by atoms with van der Waals surface area (Å²) in [7, 11) is 2.91. The molecule has 0 bridgehead atoms. The van der Waals surface area contributed by atoms with Crippen LogP contribution in [0.2, 0.25) is 0 Å². The Bertz CT molecular complexity index is 1600. The largest absolute Gasteiger partial charge is 0.332 e. The Morgan fingerprint density at radius 2 is 1.85 bits per heavy atom. The van der Waals surface area contributed by atoms with E-state index in [9.17, 15) is 19.6 Å². The van der Waals surface area contributed by atoms with Crippen molar-refractivity contribution in [2.24, 2.45) is 14.1 Å². The number of hydrogen-bond acceptors (Lipinski definition) is 5. The van der Waals surface area contributed by atoms with Gasteiger partial charge in [-0.2, -0.15) is 5.26 Å². The number of nitrogens with zero attached hydrogens (tertiary/aromatic N) is 6. The zero-order valence-electron chi connectivity index (χ0n) is 18.9. The van der Waals surface area contributed by atoms with Crippen molar-refractivity contribution in [3.05, 3.63) is 74.3 Å². The van der Waals surface area contributed by atoms with Crippen LogP contribution in [0.15, 0.2) is 46.2 Å². The third-order valence-corrected chi connectivity index (χ3v) is 6.39. The van der Waals surface area contributed by atoms with Gasteiger partial charge in [0.25, 0.3) is 5.56 Å². The van der Waals surface area contributed by atoms with Crippen LogP contribution in [0.3, 0.4) is 0 Å². The normalized spacial score (nSPS) is 13.0. The fourth-order valence-electron chi connectivity index (χ4n) is 4.74. The zero-order chi connectivity index (χ0) is 24.0. The number of amides is 1. The molecule has 0 atom stereocenters. The van der Waals surface area contributed by atoms with Crippen LogP contribution in [0, 0.1) is 11.3 Å². The number of carbonyl (C=O) groups excluding carboxylic acids is 1.